The quantitative estimate of drug-likeness (QED) is 0.0146. The molecule has 0 rings (SSSR count). The van der Waals surface area contributed by atoms with E-state index in [1.807, 2.05) is 12.2 Å². The van der Waals surface area contributed by atoms with E-state index in [4.69, 9.17) is 32.3 Å². The maximum Gasteiger partial charge on any atom is 0.472 e. The Balaban J connectivity index is 4.64. The van der Waals surface area contributed by atoms with E-state index in [9.17, 15) is 43.5 Å². The number of aliphatic hydroxyl groups excluding tert-OH is 2. The van der Waals surface area contributed by atoms with Crippen molar-refractivity contribution in [2.75, 3.05) is 39.6 Å². The van der Waals surface area contributed by atoms with Gasteiger partial charge in [0.1, 0.15) is 25.4 Å². The Morgan fingerprint density at radius 3 is 0.978 bits per heavy atom. The van der Waals surface area contributed by atoms with E-state index in [1.165, 1.54) is 25.7 Å². The van der Waals surface area contributed by atoms with Gasteiger partial charge in [-0.25, -0.2) is 9.13 Å². The molecule has 91 heavy (non-hydrogen) atoms. The molecular formula is C73H120O16P2. The number of allylic oxidation sites excluding steroid dienone is 24. The van der Waals surface area contributed by atoms with Gasteiger partial charge in [0.15, 0.2) is 6.10 Å². The largest absolute Gasteiger partial charge is 0.472 e. The summed E-state index contributed by atoms with van der Waals surface area (Å²) in [5.41, 5.74) is 0. The second-order valence-electron chi connectivity index (χ2n) is 22.2. The molecule has 5 unspecified atom stereocenters. The average molecular weight is 1320 g/mol. The zero-order valence-electron chi connectivity index (χ0n) is 56.0. The van der Waals surface area contributed by atoms with E-state index in [2.05, 4.69) is 154 Å². The number of phosphoric acid groups is 2. The molecule has 4 N–H and O–H groups in total. The number of hydrogen-bond acceptors (Lipinski definition) is 14. The molecule has 18 heteroatoms. The summed E-state index contributed by atoms with van der Waals surface area (Å²) in [6, 6.07) is 0. The van der Waals surface area contributed by atoms with E-state index in [1.54, 1.807) is 0 Å². The van der Waals surface area contributed by atoms with Gasteiger partial charge in [-0.3, -0.25) is 32.5 Å². The predicted molar refractivity (Wildman–Crippen MR) is 371 cm³/mol. The van der Waals surface area contributed by atoms with Crippen molar-refractivity contribution in [3.63, 3.8) is 0 Å². The number of carbonyl (C=O) groups is 3. The molecule has 0 amide bonds. The smallest absolute Gasteiger partial charge is 0.463 e. The predicted octanol–water partition coefficient (Wildman–Crippen LogP) is 19.0. The summed E-state index contributed by atoms with van der Waals surface area (Å²) in [5, 5.41) is 20.5. The highest BCUT2D eigenvalue weighted by Gasteiger charge is 2.29. The van der Waals surface area contributed by atoms with Crippen LogP contribution in [0.1, 0.15) is 239 Å². The summed E-state index contributed by atoms with van der Waals surface area (Å²) in [6.45, 7) is 2.30. The fraction of sp³-hybridized carbons (Fsp3) is 0.630. The standard InChI is InChI=1S/C73H120O16P2/c1-4-7-10-13-16-19-22-25-27-29-30-31-32-33-34-35-36-38-40-42-44-47-50-53-56-59-71(76)83-62-68(74)63-85-90(79,80)86-64-69(75)65-87-91(81,82)88-67-70(89-73(78)61-58-55-52-49-46-41-24-21-18-15-12-9-6-3)66-84-72(77)60-57-54-51-48-45-43-39-37-28-26-23-20-17-14-11-8-5-2/h7-8,10-11,16-17,19-21,24-28,30-31,33-34,36,38-39,43,48,51,68-70,74-75H,4-6,9,12-15,18,22-23,29,32,35,37,40-42,44-47,49-50,52-67H2,1-3H3,(H,79,80)(H,81,82)/b10-7-,11-8-,19-16-,20-17-,24-21-,27-25-,28-26-,31-30-,34-33-,38-36-,43-39-,51-48-. The Morgan fingerprint density at radius 2 is 0.593 bits per heavy atom. The molecule has 0 radical (unpaired) electrons. The maximum absolute atomic E-state index is 12.9. The minimum absolute atomic E-state index is 0.0778. The van der Waals surface area contributed by atoms with Gasteiger partial charge in [0, 0.05) is 19.3 Å². The van der Waals surface area contributed by atoms with Crippen molar-refractivity contribution >= 4 is 33.6 Å². The van der Waals surface area contributed by atoms with Crippen LogP contribution in [0.2, 0.25) is 0 Å². The van der Waals surface area contributed by atoms with Crippen molar-refractivity contribution in [3.8, 4) is 0 Å². The summed E-state index contributed by atoms with van der Waals surface area (Å²) in [6.07, 6.45) is 77.7. The molecule has 0 aliphatic rings. The van der Waals surface area contributed by atoms with Crippen molar-refractivity contribution in [1.82, 2.24) is 0 Å². The van der Waals surface area contributed by atoms with Gasteiger partial charge in [0.25, 0.3) is 0 Å². The number of aliphatic hydroxyl groups is 2. The number of carbonyl (C=O) groups excluding carboxylic acids is 3. The van der Waals surface area contributed by atoms with Gasteiger partial charge in [-0.05, 0) is 135 Å². The summed E-state index contributed by atoms with van der Waals surface area (Å²) in [5.74, 6) is -1.68. The van der Waals surface area contributed by atoms with E-state index in [-0.39, 0.29) is 19.3 Å². The molecule has 0 aromatic carbocycles. The molecule has 0 heterocycles. The zero-order chi connectivity index (χ0) is 66.7. The Labute approximate surface area is 549 Å². The minimum Gasteiger partial charge on any atom is -0.463 e. The fourth-order valence-electron chi connectivity index (χ4n) is 8.37. The van der Waals surface area contributed by atoms with Crippen LogP contribution in [0.15, 0.2) is 146 Å². The monoisotopic (exact) mass is 1310 g/mol. The number of phosphoric ester groups is 2. The van der Waals surface area contributed by atoms with Crippen molar-refractivity contribution < 1.29 is 75.8 Å². The van der Waals surface area contributed by atoms with Gasteiger partial charge >= 0.3 is 33.6 Å². The third-order valence-electron chi connectivity index (χ3n) is 13.5. The van der Waals surface area contributed by atoms with Crippen molar-refractivity contribution in [2.24, 2.45) is 0 Å². The Morgan fingerprint density at radius 1 is 0.319 bits per heavy atom. The SMILES string of the molecule is CC/C=C\C/C=C\C/C=C\C/C=C\C/C=C\C/C=C\CCCCCCCCC(=O)OCC(O)COP(=O)(O)OCC(O)COP(=O)(O)OCC(COC(=O)CCC/C=C\C/C=C\C/C=C\C/C=C\C/C=C\CC)OC(=O)CCCCCCC/C=C\CCCCCC. The van der Waals surface area contributed by atoms with Gasteiger partial charge in [0.2, 0.25) is 0 Å². The third kappa shape index (κ3) is 66.7. The lowest BCUT2D eigenvalue weighted by Gasteiger charge is -2.21. The van der Waals surface area contributed by atoms with E-state index < -0.39 is 91.5 Å². The molecule has 0 bridgehead atoms. The lowest BCUT2D eigenvalue weighted by Crippen LogP contribution is -2.30. The molecule has 0 aliphatic heterocycles. The molecule has 0 saturated heterocycles. The number of hydrogen-bond donors (Lipinski definition) is 4. The van der Waals surface area contributed by atoms with Gasteiger partial charge in [-0.15, -0.1) is 0 Å². The number of rotatable bonds is 63. The number of ether oxygens (including phenoxy) is 3. The molecule has 0 aromatic rings. The second kappa shape index (κ2) is 65.5. The zero-order valence-corrected chi connectivity index (χ0v) is 57.7. The highest BCUT2D eigenvalue weighted by molar-refractivity contribution is 7.47. The van der Waals surface area contributed by atoms with Gasteiger partial charge in [-0.2, -0.15) is 0 Å². The molecule has 16 nitrogen and oxygen atoms in total. The van der Waals surface area contributed by atoms with Crippen LogP contribution in [0, 0.1) is 0 Å². The van der Waals surface area contributed by atoms with Crippen molar-refractivity contribution in [3.05, 3.63) is 146 Å². The summed E-state index contributed by atoms with van der Waals surface area (Å²) in [4.78, 5) is 58.3. The molecule has 0 fully saturated rings. The van der Waals surface area contributed by atoms with E-state index in [0.29, 0.717) is 25.7 Å². The topological polar surface area (TPSA) is 231 Å². The van der Waals surface area contributed by atoms with E-state index >= 15 is 0 Å². The van der Waals surface area contributed by atoms with Crippen LogP contribution in [0.5, 0.6) is 0 Å². The van der Waals surface area contributed by atoms with Crippen LogP contribution in [-0.4, -0.2) is 95.9 Å². The first kappa shape index (κ1) is 86.4. The summed E-state index contributed by atoms with van der Waals surface area (Å²) in [7, 11) is -9.80. The summed E-state index contributed by atoms with van der Waals surface area (Å²) < 4.78 is 60.8. The first-order chi connectivity index (χ1) is 44.2. The average Bonchev–Trinajstić information content (AvgIpc) is 3.75. The fourth-order valence-corrected chi connectivity index (χ4v) is 9.95. The Bertz CT molecular complexity index is 2240. The summed E-state index contributed by atoms with van der Waals surface area (Å²) >= 11 is 0. The third-order valence-corrected chi connectivity index (χ3v) is 15.4. The van der Waals surface area contributed by atoms with Crippen molar-refractivity contribution in [1.29, 1.82) is 0 Å². The van der Waals surface area contributed by atoms with Crippen LogP contribution >= 0.6 is 15.6 Å². The highest BCUT2D eigenvalue weighted by atomic mass is 31.2. The highest BCUT2D eigenvalue weighted by Crippen LogP contribution is 2.45. The van der Waals surface area contributed by atoms with Crippen LogP contribution in [0.4, 0.5) is 0 Å². The Kier molecular flexibility index (Phi) is 62.2. The number of esters is 3. The molecule has 0 aliphatic carbocycles. The molecule has 0 spiro atoms. The van der Waals surface area contributed by atoms with Crippen LogP contribution in [0.3, 0.4) is 0 Å². The first-order valence-corrected chi connectivity index (χ1v) is 37.1. The van der Waals surface area contributed by atoms with Gasteiger partial charge < -0.3 is 34.2 Å². The lowest BCUT2D eigenvalue weighted by atomic mass is 10.1. The second-order valence-corrected chi connectivity index (χ2v) is 25.1. The van der Waals surface area contributed by atoms with Crippen LogP contribution in [0.25, 0.3) is 0 Å². The molecule has 5 atom stereocenters. The van der Waals surface area contributed by atoms with Crippen molar-refractivity contribution in [2.45, 2.75) is 257 Å². The molecule has 0 aromatic heterocycles. The van der Waals surface area contributed by atoms with Gasteiger partial charge in [-0.1, -0.05) is 231 Å². The van der Waals surface area contributed by atoms with E-state index in [0.717, 1.165) is 148 Å². The molecular weight excluding hydrogens is 1190 g/mol. The molecule has 0 saturated carbocycles. The first-order valence-electron chi connectivity index (χ1n) is 34.1. The van der Waals surface area contributed by atoms with Crippen LogP contribution < -0.4 is 0 Å². The maximum atomic E-state index is 12.9. The van der Waals surface area contributed by atoms with Crippen LogP contribution in [-0.2, 0) is 55.8 Å². The Hall–Kier alpha value is -4.57. The lowest BCUT2D eigenvalue weighted by molar-refractivity contribution is -0.161. The minimum atomic E-state index is -4.94. The number of unbranched alkanes of at least 4 members (excludes halogenated alkanes) is 16. The molecule has 518 valence electrons. The van der Waals surface area contributed by atoms with Gasteiger partial charge in [0.05, 0.1) is 26.4 Å². The normalized spacial score (nSPS) is 15.1.